The zero-order valence-electron chi connectivity index (χ0n) is 12.5. The van der Waals surface area contributed by atoms with Gasteiger partial charge in [0.25, 0.3) is 0 Å². The number of ether oxygens (including phenoxy) is 1. The first-order valence-electron chi connectivity index (χ1n) is 7.69. The number of benzene rings is 1. The molecule has 0 N–H and O–H groups in total. The molecule has 0 aliphatic heterocycles. The molecule has 2 rings (SSSR count). The van der Waals surface area contributed by atoms with Crippen LogP contribution in [0.5, 0.6) is 0 Å². The minimum absolute atomic E-state index is 0.0811. The molecule has 0 amide bonds. The molecule has 116 valence electrons. The molecule has 1 aliphatic rings. The van der Waals surface area contributed by atoms with Crippen LogP contribution in [0.4, 0.5) is 4.39 Å². The van der Waals surface area contributed by atoms with Crippen molar-refractivity contribution in [1.82, 2.24) is 0 Å². The highest BCUT2D eigenvalue weighted by molar-refractivity contribution is 9.10. The van der Waals surface area contributed by atoms with Crippen molar-refractivity contribution in [3.8, 4) is 0 Å². The van der Waals surface area contributed by atoms with E-state index in [2.05, 4.69) is 15.9 Å². The Balaban J connectivity index is 2.20. The van der Waals surface area contributed by atoms with Crippen LogP contribution in [0.1, 0.15) is 51.0 Å². The number of carbonyl (C=O) groups is 1. The Hall–Kier alpha value is -0.740. The maximum absolute atomic E-state index is 13.6. The molecule has 0 atom stereocenters. The monoisotopic (exact) mass is 356 g/mol. The zero-order valence-corrected chi connectivity index (χ0v) is 14.0. The zero-order chi connectivity index (χ0) is 15.3. The average Bonchev–Trinajstić information content (AvgIpc) is 2.71. The third-order valence-electron chi connectivity index (χ3n) is 4.22. The Morgan fingerprint density at radius 3 is 2.57 bits per heavy atom. The van der Waals surface area contributed by atoms with Crippen LogP contribution >= 0.6 is 15.9 Å². The fourth-order valence-corrected chi connectivity index (χ4v) is 3.50. The van der Waals surface area contributed by atoms with Crippen molar-refractivity contribution in [3.63, 3.8) is 0 Å². The molecule has 1 aromatic carbocycles. The van der Waals surface area contributed by atoms with Gasteiger partial charge >= 0.3 is 0 Å². The van der Waals surface area contributed by atoms with Crippen molar-refractivity contribution in [2.45, 2.75) is 57.5 Å². The Morgan fingerprint density at radius 2 is 1.95 bits per heavy atom. The van der Waals surface area contributed by atoms with Crippen molar-refractivity contribution < 1.29 is 13.9 Å². The van der Waals surface area contributed by atoms with Crippen LogP contribution < -0.4 is 0 Å². The number of Topliss-reactive ketones (excluding diaryl/α,β-unsaturated/α-hetero) is 1. The van der Waals surface area contributed by atoms with E-state index in [0.29, 0.717) is 16.6 Å². The molecule has 2 nitrogen and oxygen atoms in total. The summed E-state index contributed by atoms with van der Waals surface area (Å²) in [7, 11) is 0. The molecule has 1 aromatic rings. The van der Waals surface area contributed by atoms with Crippen LogP contribution in [0.2, 0.25) is 0 Å². The highest BCUT2D eigenvalue weighted by atomic mass is 79.9. The van der Waals surface area contributed by atoms with Crippen molar-refractivity contribution in [2.75, 3.05) is 6.61 Å². The van der Waals surface area contributed by atoms with E-state index in [0.717, 1.165) is 38.5 Å². The molecule has 0 radical (unpaired) electrons. The molecule has 1 aliphatic carbocycles. The summed E-state index contributed by atoms with van der Waals surface area (Å²) in [6.07, 6.45) is 6.15. The summed E-state index contributed by atoms with van der Waals surface area (Å²) in [6, 6.07) is 4.83. The van der Waals surface area contributed by atoms with E-state index in [1.165, 1.54) is 6.07 Å². The number of hydrogen-bond donors (Lipinski definition) is 0. The molecule has 0 unspecified atom stereocenters. The minimum atomic E-state index is -0.670. The maximum atomic E-state index is 13.6. The van der Waals surface area contributed by atoms with Gasteiger partial charge in [0.1, 0.15) is 11.4 Å². The van der Waals surface area contributed by atoms with E-state index in [9.17, 15) is 9.18 Å². The highest BCUT2D eigenvalue weighted by Crippen LogP contribution is 2.33. The number of hydrogen-bond acceptors (Lipinski definition) is 2. The van der Waals surface area contributed by atoms with Gasteiger partial charge in [0.05, 0.1) is 4.47 Å². The molecular weight excluding hydrogens is 335 g/mol. The summed E-state index contributed by atoms with van der Waals surface area (Å²) < 4.78 is 19.9. The lowest BCUT2D eigenvalue weighted by Gasteiger charge is -2.31. The van der Waals surface area contributed by atoms with Crippen LogP contribution in [0, 0.1) is 5.82 Å². The van der Waals surface area contributed by atoms with Crippen LogP contribution in [0.3, 0.4) is 0 Å². The maximum Gasteiger partial charge on any atom is 0.169 e. The first-order chi connectivity index (χ1) is 10.1. The molecular formula is C17H22BrFO2. The highest BCUT2D eigenvalue weighted by Gasteiger charge is 2.38. The van der Waals surface area contributed by atoms with Gasteiger partial charge in [-0.15, -0.1) is 0 Å². The molecule has 1 saturated carbocycles. The van der Waals surface area contributed by atoms with Gasteiger partial charge in [-0.25, -0.2) is 4.39 Å². The Kier molecular flexibility index (Phi) is 5.94. The topological polar surface area (TPSA) is 26.3 Å². The second kappa shape index (κ2) is 7.50. The lowest BCUT2D eigenvalue weighted by atomic mass is 9.86. The number of carbonyl (C=O) groups excluding carboxylic acids is 1. The molecule has 0 saturated heterocycles. The van der Waals surface area contributed by atoms with Gasteiger partial charge < -0.3 is 4.74 Å². The Labute approximate surface area is 134 Å². The second-order valence-electron chi connectivity index (χ2n) is 5.65. The lowest BCUT2D eigenvalue weighted by molar-refractivity contribution is -0.145. The summed E-state index contributed by atoms with van der Waals surface area (Å²) in [5.74, 6) is -0.246. The lowest BCUT2D eigenvalue weighted by Crippen LogP contribution is -2.42. The van der Waals surface area contributed by atoms with Crippen LogP contribution in [-0.4, -0.2) is 18.0 Å². The van der Waals surface area contributed by atoms with Crippen LogP contribution in [-0.2, 0) is 16.0 Å². The molecule has 0 aromatic heterocycles. The summed E-state index contributed by atoms with van der Waals surface area (Å²) in [5, 5.41) is 0. The van der Waals surface area contributed by atoms with Crippen molar-refractivity contribution in [1.29, 1.82) is 0 Å². The molecule has 0 bridgehead atoms. The van der Waals surface area contributed by atoms with E-state index < -0.39 is 5.60 Å². The standard InChI is InChI=1S/C17H22BrFO2/c1-2-21-17(10-5-3-4-6-11-17)15(20)12-13-8-7-9-14(19)16(13)18/h7-9H,2-6,10-12H2,1H3. The van der Waals surface area contributed by atoms with Crippen molar-refractivity contribution in [2.24, 2.45) is 0 Å². The first-order valence-corrected chi connectivity index (χ1v) is 8.48. The normalized spacial score (nSPS) is 18.2. The Bertz CT molecular complexity index is 494. The predicted molar refractivity (Wildman–Crippen MR) is 84.9 cm³/mol. The van der Waals surface area contributed by atoms with Gasteiger partial charge in [0.2, 0.25) is 0 Å². The first kappa shape index (κ1) is 16.6. The largest absolute Gasteiger partial charge is 0.367 e. The Morgan fingerprint density at radius 1 is 1.29 bits per heavy atom. The molecule has 0 heterocycles. The summed E-state index contributed by atoms with van der Waals surface area (Å²) in [6.45, 7) is 2.47. The van der Waals surface area contributed by atoms with E-state index in [4.69, 9.17) is 4.74 Å². The molecule has 21 heavy (non-hydrogen) atoms. The number of rotatable bonds is 5. The van der Waals surface area contributed by atoms with Gasteiger partial charge in [-0.3, -0.25) is 4.79 Å². The average molecular weight is 357 g/mol. The predicted octanol–water partition coefficient (Wildman–Crippen LogP) is 4.83. The fourth-order valence-electron chi connectivity index (χ4n) is 3.10. The van der Waals surface area contributed by atoms with Crippen LogP contribution in [0.15, 0.2) is 22.7 Å². The third kappa shape index (κ3) is 3.92. The number of ketones is 1. The summed E-state index contributed by atoms with van der Waals surface area (Å²) in [4.78, 5) is 12.8. The molecule has 0 spiro atoms. The molecule has 4 heteroatoms. The fraction of sp³-hybridized carbons (Fsp3) is 0.588. The number of halogens is 2. The van der Waals surface area contributed by atoms with Gasteiger partial charge in [0, 0.05) is 13.0 Å². The van der Waals surface area contributed by atoms with E-state index >= 15 is 0 Å². The van der Waals surface area contributed by atoms with Gasteiger partial charge in [-0.1, -0.05) is 37.8 Å². The molecule has 1 fully saturated rings. The quantitative estimate of drug-likeness (QED) is 0.706. The third-order valence-corrected chi connectivity index (χ3v) is 5.11. The van der Waals surface area contributed by atoms with Crippen molar-refractivity contribution >= 4 is 21.7 Å². The van der Waals surface area contributed by atoms with E-state index in [-0.39, 0.29) is 18.0 Å². The van der Waals surface area contributed by atoms with Crippen LogP contribution in [0.25, 0.3) is 0 Å². The van der Waals surface area contributed by atoms with Gasteiger partial charge in [0.15, 0.2) is 5.78 Å². The van der Waals surface area contributed by atoms with Gasteiger partial charge in [-0.2, -0.15) is 0 Å². The van der Waals surface area contributed by atoms with E-state index in [1.54, 1.807) is 12.1 Å². The minimum Gasteiger partial charge on any atom is -0.367 e. The van der Waals surface area contributed by atoms with E-state index in [1.807, 2.05) is 6.92 Å². The SMILES string of the molecule is CCOC1(C(=O)Cc2cccc(F)c2Br)CCCCCC1. The summed E-state index contributed by atoms with van der Waals surface area (Å²) >= 11 is 3.24. The van der Waals surface area contributed by atoms with Crippen molar-refractivity contribution in [3.05, 3.63) is 34.1 Å². The second-order valence-corrected chi connectivity index (χ2v) is 6.45. The summed E-state index contributed by atoms with van der Waals surface area (Å²) in [5.41, 5.74) is 0.0279. The van der Waals surface area contributed by atoms with Gasteiger partial charge in [-0.05, 0) is 47.3 Å². The smallest absolute Gasteiger partial charge is 0.169 e.